The lowest BCUT2D eigenvalue weighted by atomic mass is 10.0. The van der Waals surface area contributed by atoms with Gasteiger partial charge in [-0.1, -0.05) is 265 Å². The molecule has 1 amide bonds. The summed E-state index contributed by atoms with van der Waals surface area (Å²) in [5.74, 6) is -0.570. The second-order valence-corrected chi connectivity index (χ2v) is 18.4. The van der Waals surface area contributed by atoms with Crippen LogP contribution < -0.4 is 5.32 Å². The van der Waals surface area contributed by atoms with E-state index in [0.717, 1.165) is 89.9 Å². The van der Waals surface area contributed by atoms with Crippen molar-refractivity contribution in [2.75, 3.05) is 6.61 Å². The molecule has 6 nitrogen and oxygen atoms in total. The first-order chi connectivity index (χ1) is 33.0. The Balaban J connectivity index is 4.69. The number of hydrogen-bond donors (Lipinski definition) is 3. The van der Waals surface area contributed by atoms with Crippen LogP contribution in [0.25, 0.3) is 0 Å². The number of carbonyl (C=O) groups excluding carboxylic acids is 2. The third-order valence-electron chi connectivity index (χ3n) is 12.0. The number of ether oxygens (including phenoxy) is 1. The number of unbranched alkanes of at least 4 members (excludes halogenated alkanes) is 23. The summed E-state index contributed by atoms with van der Waals surface area (Å²) in [5, 5.41) is 23.8. The van der Waals surface area contributed by atoms with Crippen LogP contribution in [0.15, 0.2) is 109 Å². The van der Waals surface area contributed by atoms with Gasteiger partial charge in [-0.15, -0.1) is 0 Å². The summed E-state index contributed by atoms with van der Waals surface area (Å²) in [6.45, 7) is 6.21. The Kier molecular flexibility index (Phi) is 50.7. The van der Waals surface area contributed by atoms with E-state index in [1.165, 1.54) is 103 Å². The molecule has 0 aromatic heterocycles. The lowest BCUT2D eigenvalue weighted by Gasteiger charge is -2.24. The summed E-state index contributed by atoms with van der Waals surface area (Å²) >= 11 is 0. The molecule has 0 bridgehead atoms. The van der Waals surface area contributed by atoms with Crippen LogP contribution in [0.2, 0.25) is 0 Å². The highest BCUT2D eigenvalue weighted by Gasteiger charge is 2.24. The van der Waals surface area contributed by atoms with E-state index in [1.807, 2.05) is 60.8 Å². The topological polar surface area (TPSA) is 95.9 Å². The minimum absolute atomic E-state index is 0.0150. The number of aliphatic hydroxyl groups is 2. The third kappa shape index (κ3) is 48.8. The van der Waals surface area contributed by atoms with E-state index in [-0.39, 0.29) is 24.9 Å². The normalized spacial score (nSPS) is 14.0. The van der Waals surface area contributed by atoms with Gasteiger partial charge < -0.3 is 20.3 Å². The van der Waals surface area contributed by atoms with Gasteiger partial charge in [-0.05, 0) is 70.6 Å². The highest BCUT2D eigenvalue weighted by Crippen LogP contribution is 2.17. The number of hydrogen-bond acceptors (Lipinski definition) is 5. The molecular formula is C61H103NO5. The zero-order chi connectivity index (χ0) is 48.8. The zero-order valence-corrected chi connectivity index (χ0v) is 43.5. The Morgan fingerprint density at radius 2 is 0.896 bits per heavy atom. The predicted molar refractivity (Wildman–Crippen MR) is 291 cm³/mol. The maximum atomic E-state index is 13.2. The molecule has 0 spiro atoms. The van der Waals surface area contributed by atoms with Gasteiger partial charge in [-0.2, -0.15) is 0 Å². The van der Waals surface area contributed by atoms with Crippen molar-refractivity contribution >= 4 is 11.9 Å². The number of carbonyl (C=O) groups is 2. The monoisotopic (exact) mass is 930 g/mol. The second kappa shape index (κ2) is 53.5. The van der Waals surface area contributed by atoms with Gasteiger partial charge in [0.1, 0.15) is 6.10 Å². The molecular weight excluding hydrogens is 827 g/mol. The number of rotatable bonds is 48. The molecule has 0 aliphatic heterocycles. The molecule has 0 saturated heterocycles. The summed E-state index contributed by atoms with van der Waals surface area (Å²) in [7, 11) is 0. The standard InChI is InChI=1S/C61H103NO5/c1-4-7-10-13-16-19-22-25-28-30-32-35-38-41-44-47-50-53-59(64)58(56-63)62-60(65)55-57(52-49-46-43-40-37-34-31-27-24-21-18-15-12-9-6-3)67-61(66)54-51-48-45-42-39-36-33-29-26-23-20-17-14-11-8-5-2/h8-9,11-12,15,17-18,20-21,24,26-27,29,31,34,37,40,43,57-59,63-64H,4-7,10,13-14,16,19,22-23,25,28,30,32-33,35-36,38-39,41-42,44-56H2,1-3H3,(H,62,65)/b11-8+,12-9-,18-15+,20-17+,24-21+,29-26+,31-27-,37-34+,43-40+. The van der Waals surface area contributed by atoms with Gasteiger partial charge in [0.05, 0.1) is 25.2 Å². The Hall–Kier alpha value is -3.48. The second-order valence-electron chi connectivity index (χ2n) is 18.4. The minimum atomic E-state index is -0.818. The highest BCUT2D eigenvalue weighted by molar-refractivity contribution is 5.77. The van der Waals surface area contributed by atoms with Crippen molar-refractivity contribution in [1.29, 1.82) is 0 Å². The summed E-state index contributed by atoms with van der Waals surface area (Å²) in [4.78, 5) is 26.2. The molecule has 0 fully saturated rings. The minimum Gasteiger partial charge on any atom is -0.462 e. The average molecular weight is 930 g/mol. The molecule has 3 unspecified atom stereocenters. The molecule has 0 heterocycles. The van der Waals surface area contributed by atoms with E-state index in [9.17, 15) is 19.8 Å². The molecule has 0 rings (SSSR count). The molecule has 3 N–H and O–H groups in total. The van der Waals surface area contributed by atoms with Gasteiger partial charge in [0.15, 0.2) is 0 Å². The molecule has 0 aliphatic carbocycles. The fourth-order valence-electron chi connectivity index (χ4n) is 7.89. The Bertz CT molecular complexity index is 1370. The first-order valence-corrected chi connectivity index (χ1v) is 27.7. The smallest absolute Gasteiger partial charge is 0.306 e. The maximum absolute atomic E-state index is 13.2. The molecule has 67 heavy (non-hydrogen) atoms. The maximum Gasteiger partial charge on any atom is 0.306 e. The van der Waals surface area contributed by atoms with E-state index in [4.69, 9.17) is 4.74 Å². The van der Waals surface area contributed by atoms with Gasteiger partial charge in [-0.3, -0.25) is 9.59 Å². The number of aliphatic hydroxyl groups excluding tert-OH is 2. The fourth-order valence-corrected chi connectivity index (χ4v) is 7.89. The van der Waals surface area contributed by atoms with Crippen molar-refractivity contribution in [3.63, 3.8) is 0 Å². The van der Waals surface area contributed by atoms with Crippen molar-refractivity contribution in [2.45, 2.75) is 257 Å². The first-order valence-electron chi connectivity index (χ1n) is 27.7. The summed E-state index contributed by atoms with van der Waals surface area (Å²) in [5.41, 5.74) is 0. The van der Waals surface area contributed by atoms with E-state index < -0.39 is 18.2 Å². The van der Waals surface area contributed by atoms with Crippen LogP contribution >= 0.6 is 0 Å². The highest BCUT2D eigenvalue weighted by atomic mass is 16.5. The zero-order valence-electron chi connectivity index (χ0n) is 43.5. The van der Waals surface area contributed by atoms with Crippen LogP contribution in [0.3, 0.4) is 0 Å². The molecule has 0 aromatic rings. The summed E-state index contributed by atoms with van der Waals surface area (Å²) < 4.78 is 5.90. The molecule has 382 valence electrons. The first kappa shape index (κ1) is 63.5. The number of amides is 1. The quantitative estimate of drug-likeness (QED) is 0.0244. The summed E-state index contributed by atoms with van der Waals surface area (Å²) in [6, 6.07) is -0.736. The molecule has 0 saturated carbocycles. The molecule has 3 atom stereocenters. The largest absolute Gasteiger partial charge is 0.462 e. The SMILES string of the molecule is CC\C=C/C=C/C=C/C=C\C=C\C=C\CCCC(CC(=O)NC(CO)C(O)CCCCCCCCCCCCCCCCCCC)OC(=O)CCCCCCCC/C=C/C/C=C/C/C=C/CC. The van der Waals surface area contributed by atoms with Gasteiger partial charge in [0, 0.05) is 6.42 Å². The van der Waals surface area contributed by atoms with Crippen molar-refractivity contribution in [2.24, 2.45) is 0 Å². The van der Waals surface area contributed by atoms with Crippen LogP contribution in [-0.2, 0) is 14.3 Å². The van der Waals surface area contributed by atoms with Crippen LogP contribution in [0, 0.1) is 0 Å². The van der Waals surface area contributed by atoms with Crippen LogP contribution in [0.1, 0.15) is 239 Å². The van der Waals surface area contributed by atoms with Crippen molar-refractivity contribution < 1.29 is 24.5 Å². The Morgan fingerprint density at radius 3 is 1.42 bits per heavy atom. The van der Waals surface area contributed by atoms with Gasteiger partial charge >= 0.3 is 5.97 Å². The Morgan fingerprint density at radius 1 is 0.463 bits per heavy atom. The lowest BCUT2D eigenvalue weighted by molar-refractivity contribution is -0.151. The summed E-state index contributed by atoms with van der Waals surface area (Å²) in [6.07, 6.45) is 73.0. The Labute approximate surface area is 413 Å². The van der Waals surface area contributed by atoms with Crippen LogP contribution in [-0.4, -0.2) is 46.9 Å². The van der Waals surface area contributed by atoms with Crippen molar-refractivity contribution in [3.8, 4) is 0 Å². The predicted octanol–water partition coefficient (Wildman–Crippen LogP) is 17.1. The van der Waals surface area contributed by atoms with E-state index >= 15 is 0 Å². The van der Waals surface area contributed by atoms with E-state index in [1.54, 1.807) is 0 Å². The van der Waals surface area contributed by atoms with Gasteiger partial charge in [0.2, 0.25) is 5.91 Å². The molecule has 0 radical (unpaired) electrons. The van der Waals surface area contributed by atoms with Crippen LogP contribution in [0.4, 0.5) is 0 Å². The number of nitrogens with one attached hydrogen (secondary N) is 1. The average Bonchev–Trinajstić information content (AvgIpc) is 3.32. The van der Waals surface area contributed by atoms with E-state index in [2.05, 4.69) is 74.7 Å². The van der Waals surface area contributed by atoms with Gasteiger partial charge in [0.25, 0.3) is 0 Å². The van der Waals surface area contributed by atoms with Crippen molar-refractivity contribution in [3.05, 3.63) is 109 Å². The van der Waals surface area contributed by atoms with Crippen molar-refractivity contribution in [1.82, 2.24) is 5.32 Å². The fraction of sp³-hybridized carbons (Fsp3) is 0.672. The van der Waals surface area contributed by atoms with Crippen LogP contribution in [0.5, 0.6) is 0 Å². The third-order valence-corrected chi connectivity index (χ3v) is 12.0. The molecule has 0 aliphatic rings. The van der Waals surface area contributed by atoms with Gasteiger partial charge in [-0.25, -0.2) is 0 Å². The number of esters is 1. The molecule has 0 aromatic carbocycles. The molecule has 6 heteroatoms. The number of allylic oxidation sites excluding steroid dienone is 18. The van der Waals surface area contributed by atoms with E-state index in [0.29, 0.717) is 19.3 Å². The lowest BCUT2D eigenvalue weighted by Crippen LogP contribution is -2.46.